The van der Waals surface area contributed by atoms with E-state index in [1.54, 1.807) is 20.8 Å². The Morgan fingerprint density at radius 1 is 1.25 bits per heavy atom. The highest BCUT2D eigenvalue weighted by atomic mass is 79.9. The first kappa shape index (κ1) is 16.7. The molecule has 1 amide bonds. The quantitative estimate of drug-likeness (QED) is 0.847. The van der Waals surface area contributed by atoms with Gasteiger partial charge in [0.25, 0.3) is 0 Å². The van der Waals surface area contributed by atoms with E-state index in [0.29, 0.717) is 5.69 Å². The van der Waals surface area contributed by atoms with Crippen LogP contribution in [0.25, 0.3) is 0 Å². The van der Waals surface area contributed by atoms with Crippen LogP contribution in [0.4, 0.5) is 5.69 Å². The van der Waals surface area contributed by atoms with Crippen LogP contribution in [0.5, 0.6) is 0 Å². The van der Waals surface area contributed by atoms with E-state index in [4.69, 9.17) is 4.74 Å². The lowest BCUT2D eigenvalue weighted by Crippen LogP contribution is -2.24. The summed E-state index contributed by atoms with van der Waals surface area (Å²) in [5, 5.41) is 2.78. The molecule has 0 aliphatic carbocycles. The summed E-state index contributed by atoms with van der Waals surface area (Å²) in [6.45, 7) is 7.35. The number of benzene rings is 1. The Morgan fingerprint density at radius 3 is 2.50 bits per heavy atom. The minimum Gasteiger partial charge on any atom is -0.460 e. The molecule has 0 bridgehead atoms. The van der Waals surface area contributed by atoms with Crippen molar-refractivity contribution < 1.29 is 14.3 Å². The fourth-order valence-corrected chi connectivity index (χ4v) is 1.93. The van der Waals surface area contributed by atoms with Crippen molar-refractivity contribution in [3.05, 3.63) is 28.2 Å². The Balaban J connectivity index is 2.49. The van der Waals surface area contributed by atoms with E-state index in [2.05, 4.69) is 21.2 Å². The molecule has 0 aliphatic heterocycles. The number of carbonyl (C=O) groups excluding carboxylic acids is 2. The summed E-state index contributed by atoms with van der Waals surface area (Å²) in [5.74, 6) is -0.571. The van der Waals surface area contributed by atoms with Gasteiger partial charge >= 0.3 is 5.97 Å². The van der Waals surface area contributed by atoms with Crippen LogP contribution < -0.4 is 5.32 Å². The molecule has 0 saturated carbocycles. The molecule has 0 unspecified atom stereocenters. The van der Waals surface area contributed by atoms with Crippen molar-refractivity contribution in [2.24, 2.45) is 0 Å². The van der Waals surface area contributed by atoms with Crippen molar-refractivity contribution in [3.63, 3.8) is 0 Å². The SMILES string of the molecule is Cc1cccc(NC(=O)CCC(=O)OC(C)(C)C)c1Br. The van der Waals surface area contributed by atoms with Crippen LogP contribution in [0.1, 0.15) is 39.2 Å². The van der Waals surface area contributed by atoms with Gasteiger partial charge in [0.15, 0.2) is 0 Å². The van der Waals surface area contributed by atoms with E-state index in [9.17, 15) is 9.59 Å². The van der Waals surface area contributed by atoms with Crippen molar-refractivity contribution in [1.29, 1.82) is 0 Å². The fraction of sp³-hybridized carbons (Fsp3) is 0.467. The van der Waals surface area contributed by atoms with Crippen LogP contribution in [0.15, 0.2) is 22.7 Å². The van der Waals surface area contributed by atoms with Crippen LogP contribution in [0.2, 0.25) is 0 Å². The summed E-state index contributed by atoms with van der Waals surface area (Å²) in [7, 11) is 0. The van der Waals surface area contributed by atoms with Crippen LogP contribution in [-0.4, -0.2) is 17.5 Å². The number of esters is 1. The van der Waals surface area contributed by atoms with Crippen LogP contribution in [0.3, 0.4) is 0 Å². The molecular weight excluding hydrogens is 322 g/mol. The summed E-state index contributed by atoms with van der Waals surface area (Å²) in [6, 6.07) is 5.62. The van der Waals surface area contributed by atoms with Gasteiger partial charge in [-0.15, -0.1) is 0 Å². The highest BCUT2D eigenvalue weighted by Crippen LogP contribution is 2.25. The van der Waals surface area contributed by atoms with Crippen molar-refractivity contribution >= 4 is 33.5 Å². The molecule has 0 radical (unpaired) electrons. The molecule has 1 rings (SSSR count). The van der Waals surface area contributed by atoms with E-state index < -0.39 is 5.60 Å². The molecular formula is C15H20BrNO3. The lowest BCUT2D eigenvalue weighted by Gasteiger charge is -2.19. The number of halogens is 1. The van der Waals surface area contributed by atoms with E-state index in [-0.39, 0.29) is 24.7 Å². The maximum absolute atomic E-state index is 11.8. The van der Waals surface area contributed by atoms with Gasteiger partial charge in [-0.3, -0.25) is 9.59 Å². The maximum atomic E-state index is 11.8. The third kappa shape index (κ3) is 5.74. The number of anilines is 1. The largest absolute Gasteiger partial charge is 0.460 e. The molecule has 0 heterocycles. The number of hydrogen-bond acceptors (Lipinski definition) is 3. The average molecular weight is 342 g/mol. The third-order valence-corrected chi connectivity index (χ3v) is 3.49. The number of carbonyl (C=O) groups is 2. The van der Waals surface area contributed by atoms with E-state index in [1.807, 2.05) is 25.1 Å². The van der Waals surface area contributed by atoms with Crippen LogP contribution >= 0.6 is 15.9 Å². The van der Waals surface area contributed by atoms with Crippen molar-refractivity contribution in [1.82, 2.24) is 0 Å². The number of hydrogen-bond donors (Lipinski definition) is 1. The molecule has 0 aromatic heterocycles. The molecule has 1 aromatic rings. The first-order chi connectivity index (χ1) is 9.19. The second kappa shape index (κ2) is 6.88. The molecule has 0 spiro atoms. The molecule has 0 aliphatic rings. The standard InChI is InChI=1S/C15H20BrNO3/c1-10-6-5-7-11(14(10)16)17-12(18)8-9-13(19)20-15(2,3)4/h5-7H,8-9H2,1-4H3,(H,17,18). The van der Waals surface area contributed by atoms with Crippen LogP contribution in [0, 0.1) is 6.92 Å². The second-order valence-electron chi connectivity index (χ2n) is 5.57. The predicted octanol–water partition coefficient (Wildman–Crippen LogP) is 3.82. The first-order valence-corrected chi connectivity index (χ1v) is 7.25. The minimum atomic E-state index is -0.521. The Morgan fingerprint density at radius 2 is 1.90 bits per heavy atom. The van der Waals surface area contributed by atoms with E-state index >= 15 is 0 Å². The summed E-state index contributed by atoms with van der Waals surface area (Å²) in [5.41, 5.74) is 1.22. The normalized spacial score (nSPS) is 11.1. The van der Waals surface area contributed by atoms with Gasteiger partial charge in [-0.1, -0.05) is 12.1 Å². The monoisotopic (exact) mass is 341 g/mol. The number of amides is 1. The predicted molar refractivity (Wildman–Crippen MR) is 82.6 cm³/mol. The van der Waals surface area contributed by atoms with Gasteiger partial charge in [-0.05, 0) is 55.3 Å². The van der Waals surface area contributed by atoms with Gasteiger partial charge in [0, 0.05) is 10.9 Å². The first-order valence-electron chi connectivity index (χ1n) is 6.46. The number of nitrogens with one attached hydrogen (secondary N) is 1. The highest BCUT2D eigenvalue weighted by molar-refractivity contribution is 9.10. The Labute approximate surface area is 128 Å². The van der Waals surface area contributed by atoms with Crippen molar-refractivity contribution in [2.45, 2.75) is 46.1 Å². The molecule has 20 heavy (non-hydrogen) atoms. The summed E-state index contributed by atoms with van der Waals surface area (Å²) >= 11 is 3.42. The Kier molecular flexibility index (Phi) is 5.74. The highest BCUT2D eigenvalue weighted by Gasteiger charge is 2.17. The van der Waals surface area contributed by atoms with Crippen molar-refractivity contribution in [3.8, 4) is 0 Å². The lowest BCUT2D eigenvalue weighted by atomic mass is 10.2. The minimum absolute atomic E-state index is 0.0759. The molecule has 5 heteroatoms. The summed E-state index contributed by atoms with van der Waals surface area (Å²) < 4.78 is 6.01. The molecule has 0 atom stereocenters. The zero-order valence-electron chi connectivity index (χ0n) is 12.2. The number of rotatable bonds is 4. The number of aryl methyl sites for hydroxylation is 1. The molecule has 1 aromatic carbocycles. The molecule has 0 fully saturated rings. The van der Waals surface area contributed by atoms with Gasteiger partial charge in [0.05, 0.1) is 12.1 Å². The summed E-state index contributed by atoms with van der Waals surface area (Å²) in [4.78, 5) is 23.3. The molecule has 110 valence electrons. The van der Waals surface area contributed by atoms with Gasteiger partial charge in [0.1, 0.15) is 5.60 Å². The smallest absolute Gasteiger partial charge is 0.306 e. The Hall–Kier alpha value is -1.36. The Bertz CT molecular complexity index is 506. The molecule has 1 N–H and O–H groups in total. The fourth-order valence-electron chi connectivity index (χ4n) is 1.56. The van der Waals surface area contributed by atoms with E-state index in [0.717, 1.165) is 10.0 Å². The lowest BCUT2D eigenvalue weighted by molar-refractivity contribution is -0.155. The van der Waals surface area contributed by atoms with Gasteiger partial charge in [-0.2, -0.15) is 0 Å². The zero-order valence-corrected chi connectivity index (χ0v) is 13.8. The van der Waals surface area contributed by atoms with Gasteiger partial charge in [0.2, 0.25) is 5.91 Å². The summed E-state index contributed by atoms with van der Waals surface area (Å²) in [6.07, 6.45) is 0.182. The topological polar surface area (TPSA) is 55.4 Å². The molecule has 4 nitrogen and oxygen atoms in total. The van der Waals surface area contributed by atoms with Gasteiger partial charge in [-0.25, -0.2) is 0 Å². The maximum Gasteiger partial charge on any atom is 0.306 e. The van der Waals surface area contributed by atoms with Gasteiger partial charge < -0.3 is 10.1 Å². The van der Waals surface area contributed by atoms with E-state index in [1.165, 1.54) is 0 Å². The third-order valence-electron chi connectivity index (χ3n) is 2.44. The van der Waals surface area contributed by atoms with Crippen molar-refractivity contribution in [2.75, 3.05) is 5.32 Å². The second-order valence-corrected chi connectivity index (χ2v) is 6.36. The molecule has 0 saturated heterocycles. The number of ether oxygens (including phenoxy) is 1. The van der Waals surface area contributed by atoms with Crippen LogP contribution in [-0.2, 0) is 14.3 Å². The zero-order chi connectivity index (χ0) is 15.3. The average Bonchev–Trinajstić information content (AvgIpc) is 2.30.